The summed E-state index contributed by atoms with van der Waals surface area (Å²) < 4.78 is 17.0. The van der Waals surface area contributed by atoms with Gasteiger partial charge in [0.2, 0.25) is 5.91 Å². The summed E-state index contributed by atoms with van der Waals surface area (Å²) in [6.45, 7) is 3.28. The van der Waals surface area contributed by atoms with Crippen molar-refractivity contribution in [2.45, 2.75) is 37.3 Å². The first-order valence-electron chi connectivity index (χ1n) is 5.89. The molecular weight excluding hydrogens is 270 g/mol. The van der Waals surface area contributed by atoms with Gasteiger partial charge in [0.25, 0.3) is 0 Å². The van der Waals surface area contributed by atoms with Crippen LogP contribution in [0.25, 0.3) is 0 Å². The molecule has 0 spiro atoms. The zero-order chi connectivity index (χ0) is 14.4. The first-order valence-corrected chi connectivity index (χ1v) is 7.17. The van der Waals surface area contributed by atoms with Crippen molar-refractivity contribution >= 4 is 22.7 Å². The molecule has 3 atom stereocenters. The second kappa shape index (κ2) is 7.08. The molecule has 0 radical (unpaired) electrons. The first-order chi connectivity index (χ1) is 8.97. The van der Waals surface area contributed by atoms with E-state index < -0.39 is 33.2 Å². The van der Waals surface area contributed by atoms with Crippen LogP contribution in [0.3, 0.4) is 0 Å². The van der Waals surface area contributed by atoms with Crippen molar-refractivity contribution < 1.29 is 23.3 Å². The number of hydrogen-bond acceptors (Lipinski definition) is 4. The zero-order valence-corrected chi connectivity index (χ0v) is 11.6. The van der Waals surface area contributed by atoms with Crippen molar-refractivity contribution in [2.24, 2.45) is 0 Å². The highest BCUT2D eigenvalue weighted by molar-refractivity contribution is 7.87. The Bertz CT molecular complexity index is 457. The summed E-state index contributed by atoms with van der Waals surface area (Å²) in [4.78, 5) is 22.7. The molecule has 1 rings (SSSR count). The minimum absolute atomic E-state index is 0.192. The number of carboxylic acid groups (broad SMARTS) is 1. The minimum Gasteiger partial charge on any atom is -0.480 e. The topological polar surface area (TPSA) is 96.6 Å². The van der Waals surface area contributed by atoms with Gasteiger partial charge in [-0.3, -0.25) is 13.8 Å². The number of rotatable bonds is 7. The van der Waals surface area contributed by atoms with Gasteiger partial charge in [-0.05, 0) is 25.5 Å². The van der Waals surface area contributed by atoms with E-state index in [1.54, 1.807) is 19.1 Å². The summed E-state index contributed by atoms with van der Waals surface area (Å²) in [5.41, 5.74) is 0. The van der Waals surface area contributed by atoms with Crippen molar-refractivity contribution in [1.29, 1.82) is 0 Å². The molecule has 1 amide bonds. The Morgan fingerprint density at radius 2 is 2.21 bits per heavy atom. The van der Waals surface area contributed by atoms with Gasteiger partial charge < -0.3 is 14.8 Å². The number of carbonyl (C=O) groups is 2. The van der Waals surface area contributed by atoms with Crippen molar-refractivity contribution in [2.75, 3.05) is 0 Å². The van der Waals surface area contributed by atoms with Gasteiger partial charge in [-0.1, -0.05) is 6.92 Å². The van der Waals surface area contributed by atoms with Gasteiger partial charge >= 0.3 is 5.97 Å². The van der Waals surface area contributed by atoms with Crippen LogP contribution in [0.4, 0.5) is 0 Å². The van der Waals surface area contributed by atoms with E-state index >= 15 is 0 Å². The van der Waals surface area contributed by atoms with E-state index in [9.17, 15) is 13.8 Å². The fourth-order valence-electron chi connectivity index (χ4n) is 1.52. The fraction of sp³-hybridized carbons (Fsp3) is 0.500. The number of aliphatic carboxylic acids is 1. The van der Waals surface area contributed by atoms with Gasteiger partial charge in [-0.25, -0.2) is 0 Å². The molecule has 1 heterocycles. The molecular formula is C12H17NO5S. The second-order valence-electron chi connectivity index (χ2n) is 4.00. The molecule has 6 nitrogen and oxygen atoms in total. The largest absolute Gasteiger partial charge is 0.480 e. The highest BCUT2D eigenvalue weighted by Crippen LogP contribution is 2.09. The summed E-state index contributed by atoms with van der Waals surface area (Å²) >= 11 is 0. The lowest BCUT2D eigenvalue weighted by atomic mass is 10.3. The van der Waals surface area contributed by atoms with E-state index in [0.29, 0.717) is 5.76 Å². The molecule has 0 aliphatic heterocycles. The summed E-state index contributed by atoms with van der Waals surface area (Å²) in [7, 11) is -1.75. The Balaban J connectivity index is 2.56. The average molecular weight is 287 g/mol. The lowest BCUT2D eigenvalue weighted by molar-refractivity contribution is -0.136. The summed E-state index contributed by atoms with van der Waals surface area (Å²) in [6, 6.07) is 3.40. The Morgan fingerprint density at radius 3 is 2.68 bits per heavy atom. The van der Waals surface area contributed by atoms with E-state index in [4.69, 9.17) is 9.52 Å². The molecule has 0 saturated heterocycles. The molecule has 1 aromatic heterocycles. The smallest absolute Gasteiger partial charge is 0.319 e. The van der Waals surface area contributed by atoms with Gasteiger partial charge in [0.15, 0.2) is 0 Å². The monoisotopic (exact) mass is 287 g/mol. The number of carboxylic acids is 1. The van der Waals surface area contributed by atoms with Crippen LogP contribution in [-0.2, 0) is 26.9 Å². The highest BCUT2D eigenvalue weighted by Gasteiger charge is 2.30. The van der Waals surface area contributed by atoms with Crippen LogP contribution in [0.2, 0.25) is 0 Å². The maximum Gasteiger partial charge on any atom is 0.319 e. The molecule has 106 valence electrons. The van der Waals surface area contributed by atoms with E-state index in [1.165, 1.54) is 13.2 Å². The van der Waals surface area contributed by atoms with Gasteiger partial charge in [-0.15, -0.1) is 0 Å². The SMILES string of the molecule is CCC(C(=O)O)S(=O)C(C)C(=O)NCc1ccco1. The van der Waals surface area contributed by atoms with Gasteiger partial charge in [0, 0.05) is 10.8 Å². The summed E-state index contributed by atoms with van der Waals surface area (Å²) in [5.74, 6) is -1.02. The van der Waals surface area contributed by atoms with Crippen molar-refractivity contribution in [3.05, 3.63) is 24.2 Å². The van der Waals surface area contributed by atoms with E-state index in [2.05, 4.69) is 5.32 Å². The molecule has 1 aromatic rings. The van der Waals surface area contributed by atoms with E-state index in [1.807, 2.05) is 0 Å². The van der Waals surface area contributed by atoms with Gasteiger partial charge in [0.1, 0.15) is 16.3 Å². The standard InChI is InChI=1S/C12H17NO5S/c1-3-10(12(15)16)19(17)8(2)11(14)13-7-9-5-4-6-18-9/h4-6,8,10H,3,7H2,1-2H3,(H,13,14)(H,15,16). The number of amides is 1. The number of furan rings is 1. The predicted molar refractivity (Wildman–Crippen MR) is 69.9 cm³/mol. The lowest BCUT2D eigenvalue weighted by Crippen LogP contribution is -2.40. The molecule has 0 fully saturated rings. The Morgan fingerprint density at radius 1 is 1.53 bits per heavy atom. The minimum atomic E-state index is -1.75. The maximum atomic E-state index is 12.0. The van der Waals surface area contributed by atoms with Crippen molar-refractivity contribution in [1.82, 2.24) is 5.32 Å². The Kier molecular flexibility index (Phi) is 5.75. The fourth-order valence-corrected chi connectivity index (χ4v) is 2.84. The third-order valence-electron chi connectivity index (χ3n) is 2.66. The molecule has 2 N–H and O–H groups in total. The van der Waals surface area contributed by atoms with Crippen molar-refractivity contribution in [3.8, 4) is 0 Å². The lowest BCUT2D eigenvalue weighted by Gasteiger charge is -2.15. The average Bonchev–Trinajstić information content (AvgIpc) is 2.88. The molecule has 0 aliphatic carbocycles. The van der Waals surface area contributed by atoms with Crippen LogP contribution in [0.1, 0.15) is 26.0 Å². The second-order valence-corrected chi connectivity index (χ2v) is 5.94. The van der Waals surface area contributed by atoms with E-state index in [0.717, 1.165) is 0 Å². The van der Waals surface area contributed by atoms with E-state index in [-0.39, 0.29) is 13.0 Å². The molecule has 7 heteroatoms. The number of hydrogen-bond donors (Lipinski definition) is 2. The molecule has 19 heavy (non-hydrogen) atoms. The van der Waals surface area contributed by atoms with Crippen molar-refractivity contribution in [3.63, 3.8) is 0 Å². The van der Waals surface area contributed by atoms with Crippen LogP contribution >= 0.6 is 0 Å². The third kappa shape index (κ3) is 4.20. The predicted octanol–water partition coefficient (Wildman–Crippen LogP) is 0.896. The summed E-state index contributed by atoms with van der Waals surface area (Å²) in [6.07, 6.45) is 1.71. The van der Waals surface area contributed by atoms with Crippen LogP contribution < -0.4 is 5.32 Å². The van der Waals surface area contributed by atoms with Crippen LogP contribution in [0, 0.1) is 0 Å². The zero-order valence-electron chi connectivity index (χ0n) is 10.8. The number of nitrogens with one attached hydrogen (secondary N) is 1. The Hall–Kier alpha value is -1.63. The molecule has 3 unspecified atom stereocenters. The molecule has 0 aromatic carbocycles. The number of carbonyl (C=O) groups excluding carboxylic acids is 1. The molecule has 0 saturated carbocycles. The van der Waals surface area contributed by atoms with Crippen LogP contribution in [0.5, 0.6) is 0 Å². The molecule has 0 aliphatic rings. The van der Waals surface area contributed by atoms with Gasteiger partial charge in [-0.2, -0.15) is 0 Å². The third-order valence-corrected chi connectivity index (χ3v) is 4.67. The normalized spacial score (nSPS) is 15.5. The first kappa shape index (κ1) is 15.4. The quantitative estimate of drug-likeness (QED) is 0.776. The Labute approximate surface area is 113 Å². The van der Waals surface area contributed by atoms with Crippen LogP contribution in [0.15, 0.2) is 22.8 Å². The van der Waals surface area contributed by atoms with Gasteiger partial charge in [0.05, 0.1) is 12.8 Å². The highest BCUT2D eigenvalue weighted by atomic mass is 32.2. The summed E-state index contributed by atoms with van der Waals surface area (Å²) in [5, 5.41) is 9.58. The molecule has 0 bridgehead atoms. The maximum absolute atomic E-state index is 12.0. The van der Waals surface area contributed by atoms with Crippen LogP contribution in [-0.4, -0.2) is 31.7 Å².